The van der Waals surface area contributed by atoms with Crippen molar-refractivity contribution < 1.29 is 9.59 Å². The Morgan fingerprint density at radius 2 is 1.10 bits per heavy atom. The number of hydrogen-bond donors (Lipinski definition) is 0. The van der Waals surface area contributed by atoms with Crippen molar-refractivity contribution in [3.8, 4) is 0 Å². The van der Waals surface area contributed by atoms with Crippen molar-refractivity contribution >= 4 is 31.7 Å². The summed E-state index contributed by atoms with van der Waals surface area (Å²) in [5, 5.41) is -0.357. The first-order valence-corrected chi connectivity index (χ1v) is 18.1. The van der Waals surface area contributed by atoms with E-state index in [0.29, 0.717) is 0 Å². The number of nitrogens with zero attached hydrogens (tertiary/aromatic N) is 1. The molecule has 210 valence electrons. The molecular weight excluding hydrogens is 539 g/mol. The number of Topliss-reactive ketones (excluding diaryl/α,β-unsaturated/α-hetero) is 1. The van der Waals surface area contributed by atoms with Gasteiger partial charge in [0.15, 0.2) is 14.0 Å². The Morgan fingerprint density at radius 3 is 1.49 bits per heavy atom. The maximum Gasteiger partial charge on any atom is 0.229 e. The Hall–Kier alpha value is -3.41. The van der Waals surface area contributed by atoms with Crippen LogP contribution in [-0.4, -0.2) is 29.9 Å². The Morgan fingerprint density at radius 1 is 0.707 bits per heavy atom. The Bertz CT molecular complexity index is 1390. The SMILES string of the molecule is CC(C)(C)[Si](C)(C)N1C(=O)[C@@H](C(=O)Cc2ccccc2)[C@@H]1SC(c1ccccc1)(c1ccccc1)c1ccccc1. The zero-order valence-electron chi connectivity index (χ0n) is 24.6. The fourth-order valence-corrected chi connectivity index (χ4v) is 10.6. The van der Waals surface area contributed by atoms with E-state index in [1.807, 2.05) is 48.5 Å². The van der Waals surface area contributed by atoms with Gasteiger partial charge in [0.25, 0.3) is 0 Å². The number of β-lactam (4-membered cyclic amide) rings is 1. The number of hydrogen-bond acceptors (Lipinski definition) is 3. The number of carbonyl (C=O) groups is 2. The van der Waals surface area contributed by atoms with Gasteiger partial charge in [-0.1, -0.05) is 155 Å². The largest absolute Gasteiger partial charge is 0.356 e. The van der Waals surface area contributed by atoms with E-state index in [0.717, 1.165) is 22.3 Å². The van der Waals surface area contributed by atoms with Crippen LogP contribution in [0, 0.1) is 5.92 Å². The molecule has 5 rings (SSSR count). The summed E-state index contributed by atoms with van der Waals surface area (Å²) in [6.07, 6.45) is 0.259. The van der Waals surface area contributed by atoms with Gasteiger partial charge in [0, 0.05) is 6.42 Å². The van der Waals surface area contributed by atoms with E-state index in [-0.39, 0.29) is 28.5 Å². The van der Waals surface area contributed by atoms with Crippen LogP contribution in [0.15, 0.2) is 121 Å². The van der Waals surface area contributed by atoms with E-state index in [1.54, 1.807) is 11.8 Å². The van der Waals surface area contributed by atoms with Crippen molar-refractivity contribution in [3.05, 3.63) is 144 Å². The summed E-state index contributed by atoms with van der Waals surface area (Å²) in [7, 11) is -2.32. The molecule has 0 unspecified atom stereocenters. The van der Waals surface area contributed by atoms with Crippen LogP contribution in [0.4, 0.5) is 0 Å². The van der Waals surface area contributed by atoms with Crippen LogP contribution in [-0.2, 0) is 20.8 Å². The highest BCUT2D eigenvalue weighted by Crippen LogP contribution is 2.57. The molecule has 0 spiro atoms. The Balaban J connectivity index is 1.69. The minimum atomic E-state index is -2.32. The van der Waals surface area contributed by atoms with Crippen LogP contribution >= 0.6 is 11.8 Å². The number of rotatable bonds is 9. The Kier molecular flexibility index (Phi) is 8.13. The minimum Gasteiger partial charge on any atom is -0.356 e. The number of thioether (sulfide) groups is 1. The minimum absolute atomic E-state index is 0.00301. The smallest absolute Gasteiger partial charge is 0.229 e. The molecule has 4 aromatic carbocycles. The fraction of sp³-hybridized carbons (Fsp3) is 0.278. The quantitative estimate of drug-likeness (QED) is 0.0869. The van der Waals surface area contributed by atoms with Crippen LogP contribution < -0.4 is 0 Å². The van der Waals surface area contributed by atoms with E-state index in [4.69, 9.17) is 0 Å². The maximum atomic E-state index is 14.1. The summed E-state index contributed by atoms with van der Waals surface area (Å²) in [6.45, 7) is 11.2. The van der Waals surface area contributed by atoms with Crippen LogP contribution in [0.5, 0.6) is 0 Å². The van der Waals surface area contributed by atoms with Gasteiger partial charge in [-0.3, -0.25) is 9.59 Å². The van der Waals surface area contributed by atoms with Crippen LogP contribution in [0.25, 0.3) is 0 Å². The second-order valence-electron chi connectivity index (χ2n) is 12.4. The third-order valence-corrected chi connectivity index (χ3v) is 16.2. The molecule has 0 aromatic heterocycles. The van der Waals surface area contributed by atoms with Crippen molar-refractivity contribution in [1.29, 1.82) is 0 Å². The normalized spacial score (nSPS) is 17.7. The fourth-order valence-electron chi connectivity index (χ4n) is 5.65. The Labute approximate surface area is 250 Å². The zero-order chi connectivity index (χ0) is 29.3. The highest BCUT2D eigenvalue weighted by atomic mass is 32.2. The summed E-state index contributed by atoms with van der Waals surface area (Å²) >= 11 is 1.76. The second kappa shape index (κ2) is 11.5. The molecule has 0 radical (unpaired) electrons. The number of amides is 1. The van der Waals surface area contributed by atoms with E-state index in [9.17, 15) is 9.59 Å². The van der Waals surface area contributed by atoms with Gasteiger partial charge in [0.05, 0.1) is 10.1 Å². The van der Waals surface area contributed by atoms with Crippen molar-refractivity contribution in [3.63, 3.8) is 0 Å². The first-order chi connectivity index (χ1) is 19.6. The third-order valence-electron chi connectivity index (χ3n) is 8.89. The molecule has 4 aromatic rings. The first-order valence-electron chi connectivity index (χ1n) is 14.3. The molecule has 5 heteroatoms. The summed E-state index contributed by atoms with van der Waals surface area (Å²) in [6, 6.07) is 41.4. The summed E-state index contributed by atoms with van der Waals surface area (Å²) in [5.74, 6) is -0.709. The van der Waals surface area contributed by atoms with Gasteiger partial charge in [-0.25, -0.2) is 0 Å². The molecular formula is C36H39NO2SSi. The van der Waals surface area contributed by atoms with E-state index < -0.39 is 18.9 Å². The van der Waals surface area contributed by atoms with E-state index >= 15 is 0 Å². The topological polar surface area (TPSA) is 37.4 Å². The number of carbonyl (C=O) groups excluding carboxylic acids is 2. The lowest BCUT2D eigenvalue weighted by Crippen LogP contribution is -2.73. The molecule has 0 saturated carbocycles. The second-order valence-corrected chi connectivity index (χ2v) is 18.8. The van der Waals surface area contributed by atoms with Crippen molar-refractivity contribution in [2.75, 3.05) is 0 Å². The predicted octanol–water partition coefficient (Wildman–Crippen LogP) is 8.31. The van der Waals surface area contributed by atoms with Crippen LogP contribution in [0.1, 0.15) is 43.0 Å². The first kappa shape index (κ1) is 29.1. The molecule has 1 heterocycles. The summed E-state index contributed by atoms with van der Waals surface area (Å²) < 4.78 is 1.51. The van der Waals surface area contributed by atoms with Gasteiger partial charge in [-0.2, -0.15) is 0 Å². The third kappa shape index (κ3) is 5.33. The van der Waals surface area contributed by atoms with E-state index in [2.05, 4.69) is 111 Å². The summed E-state index contributed by atoms with van der Waals surface area (Å²) in [5.41, 5.74) is 4.34. The maximum absolute atomic E-state index is 14.1. The molecule has 41 heavy (non-hydrogen) atoms. The molecule has 0 aliphatic carbocycles. The average molecular weight is 578 g/mol. The number of benzene rings is 4. The lowest BCUT2D eigenvalue weighted by atomic mass is 9.84. The highest BCUT2D eigenvalue weighted by Gasteiger charge is 2.61. The van der Waals surface area contributed by atoms with Gasteiger partial charge < -0.3 is 4.57 Å². The van der Waals surface area contributed by atoms with Crippen LogP contribution in [0.2, 0.25) is 18.1 Å². The highest BCUT2D eigenvalue weighted by molar-refractivity contribution is 8.01. The van der Waals surface area contributed by atoms with Gasteiger partial charge in [-0.15, -0.1) is 11.8 Å². The number of ketones is 1. The molecule has 2 atom stereocenters. The molecule has 1 aliphatic rings. The van der Waals surface area contributed by atoms with Gasteiger partial charge in [0.1, 0.15) is 5.92 Å². The average Bonchev–Trinajstić information content (AvgIpc) is 2.96. The van der Waals surface area contributed by atoms with Crippen molar-refractivity contribution in [1.82, 2.24) is 4.57 Å². The standard InChI is InChI=1S/C36H39NO2SSi/c1-35(2,3)41(4,5)37-33(39)32(31(38)26-27-18-10-6-11-19-27)34(37)40-36(28-20-12-7-13-21-28,29-22-14-8-15-23-29)30-24-16-9-17-25-30/h6-25,32,34H,26H2,1-5H3/t32-,34+/m1/s1. The lowest BCUT2D eigenvalue weighted by Gasteiger charge is -2.59. The molecule has 1 aliphatic heterocycles. The summed E-state index contributed by atoms with van der Waals surface area (Å²) in [4.78, 5) is 28.1. The van der Waals surface area contributed by atoms with Crippen LogP contribution in [0.3, 0.4) is 0 Å². The molecule has 0 N–H and O–H groups in total. The van der Waals surface area contributed by atoms with Gasteiger partial charge in [-0.05, 0) is 27.3 Å². The molecule has 1 fully saturated rings. The predicted molar refractivity (Wildman–Crippen MR) is 173 cm³/mol. The molecule has 0 bridgehead atoms. The molecule has 1 amide bonds. The molecule has 1 saturated heterocycles. The van der Waals surface area contributed by atoms with Crippen molar-refractivity contribution in [2.24, 2.45) is 5.92 Å². The zero-order valence-corrected chi connectivity index (χ0v) is 26.4. The monoisotopic (exact) mass is 577 g/mol. The van der Waals surface area contributed by atoms with Crippen molar-refractivity contribution in [2.45, 2.75) is 55.4 Å². The van der Waals surface area contributed by atoms with E-state index in [1.165, 1.54) is 0 Å². The van der Waals surface area contributed by atoms with Gasteiger partial charge in [0.2, 0.25) is 5.91 Å². The lowest BCUT2D eigenvalue weighted by molar-refractivity contribution is -0.149. The van der Waals surface area contributed by atoms with Gasteiger partial charge >= 0.3 is 0 Å². The molecule has 3 nitrogen and oxygen atoms in total.